The van der Waals surface area contributed by atoms with Crippen LogP contribution < -0.4 is 5.73 Å². The standard InChI is InChI=1S/C20H19N3O/c1-13-16(3-2-4-19(13)22)18-11-23(15-7-8-24-12-15)20-6-5-14(10-21)9-17(18)20/h2-6,9,11,15H,7-8,12,22H2,1H3. The molecule has 1 aromatic heterocycles. The lowest BCUT2D eigenvalue weighted by Crippen LogP contribution is -2.06. The number of anilines is 1. The van der Waals surface area contributed by atoms with Crippen molar-refractivity contribution in [1.29, 1.82) is 5.26 Å². The van der Waals surface area contributed by atoms with Gasteiger partial charge in [0.2, 0.25) is 0 Å². The van der Waals surface area contributed by atoms with Gasteiger partial charge in [0.25, 0.3) is 0 Å². The molecule has 4 rings (SSSR count). The Bertz CT molecular complexity index is 959. The average molecular weight is 317 g/mol. The predicted molar refractivity (Wildman–Crippen MR) is 95.7 cm³/mol. The van der Waals surface area contributed by atoms with E-state index in [4.69, 9.17) is 10.5 Å². The molecule has 1 aliphatic heterocycles. The molecule has 4 heteroatoms. The highest BCUT2D eigenvalue weighted by Gasteiger charge is 2.22. The van der Waals surface area contributed by atoms with Gasteiger partial charge in [-0.25, -0.2) is 0 Å². The van der Waals surface area contributed by atoms with Crippen molar-refractivity contribution in [2.45, 2.75) is 19.4 Å². The first-order chi connectivity index (χ1) is 11.7. The molecule has 0 radical (unpaired) electrons. The first-order valence-corrected chi connectivity index (χ1v) is 8.17. The summed E-state index contributed by atoms with van der Waals surface area (Å²) in [7, 11) is 0. The van der Waals surface area contributed by atoms with Crippen molar-refractivity contribution in [3.8, 4) is 17.2 Å². The van der Waals surface area contributed by atoms with Crippen LogP contribution in [0.25, 0.3) is 22.0 Å². The molecule has 0 saturated carbocycles. The number of benzene rings is 2. The summed E-state index contributed by atoms with van der Waals surface area (Å²) in [5, 5.41) is 10.4. The number of nitrogens with two attached hydrogens (primary N) is 1. The van der Waals surface area contributed by atoms with Crippen LogP contribution in [0, 0.1) is 18.3 Å². The van der Waals surface area contributed by atoms with Crippen LogP contribution in [-0.2, 0) is 4.74 Å². The van der Waals surface area contributed by atoms with Crippen LogP contribution in [0.15, 0.2) is 42.6 Å². The van der Waals surface area contributed by atoms with Crippen molar-refractivity contribution < 1.29 is 4.74 Å². The van der Waals surface area contributed by atoms with Crippen LogP contribution in [0.3, 0.4) is 0 Å². The first-order valence-electron chi connectivity index (χ1n) is 8.17. The van der Waals surface area contributed by atoms with Crippen LogP contribution in [0.4, 0.5) is 5.69 Å². The number of nitriles is 1. The Morgan fingerprint density at radius 1 is 1.25 bits per heavy atom. The van der Waals surface area contributed by atoms with Gasteiger partial charge in [-0.1, -0.05) is 12.1 Å². The second-order valence-corrected chi connectivity index (χ2v) is 6.33. The Kier molecular flexibility index (Phi) is 3.51. The van der Waals surface area contributed by atoms with Crippen LogP contribution in [0.5, 0.6) is 0 Å². The Balaban J connectivity index is 2.00. The smallest absolute Gasteiger partial charge is 0.0991 e. The topological polar surface area (TPSA) is 64.0 Å². The Morgan fingerprint density at radius 2 is 2.12 bits per heavy atom. The van der Waals surface area contributed by atoms with E-state index in [0.717, 1.165) is 52.9 Å². The van der Waals surface area contributed by atoms with E-state index in [1.165, 1.54) is 0 Å². The summed E-state index contributed by atoms with van der Waals surface area (Å²) in [5.74, 6) is 0. The SMILES string of the molecule is Cc1c(N)cccc1-c1cn(C2CCOC2)c2ccc(C#N)cc12. The molecule has 24 heavy (non-hydrogen) atoms. The molecule has 3 aromatic rings. The third kappa shape index (κ3) is 2.26. The van der Waals surface area contributed by atoms with E-state index >= 15 is 0 Å². The molecule has 0 amide bonds. The molecule has 0 spiro atoms. The highest BCUT2D eigenvalue weighted by Crippen LogP contribution is 2.37. The Hall–Kier alpha value is -2.77. The fourth-order valence-electron chi connectivity index (χ4n) is 3.53. The summed E-state index contributed by atoms with van der Waals surface area (Å²) in [5.41, 5.74) is 12.0. The third-order valence-corrected chi connectivity index (χ3v) is 4.93. The lowest BCUT2D eigenvalue weighted by atomic mass is 9.98. The molecule has 1 aliphatic rings. The highest BCUT2D eigenvalue weighted by molar-refractivity contribution is 5.98. The molecule has 1 saturated heterocycles. The zero-order valence-electron chi connectivity index (χ0n) is 13.6. The predicted octanol–water partition coefficient (Wildman–Crippen LogP) is 4.03. The van der Waals surface area contributed by atoms with Gasteiger partial charge in [0.15, 0.2) is 0 Å². The van der Waals surface area contributed by atoms with E-state index in [1.807, 2.05) is 37.3 Å². The van der Waals surface area contributed by atoms with Crippen molar-refractivity contribution in [2.24, 2.45) is 0 Å². The minimum Gasteiger partial charge on any atom is -0.398 e. The number of nitrogens with zero attached hydrogens (tertiary/aromatic N) is 2. The maximum absolute atomic E-state index is 9.28. The molecular weight excluding hydrogens is 298 g/mol. The number of fused-ring (bicyclic) bond motifs is 1. The van der Waals surface area contributed by atoms with Crippen molar-refractivity contribution in [3.05, 3.63) is 53.7 Å². The van der Waals surface area contributed by atoms with E-state index in [-0.39, 0.29) is 0 Å². The number of nitrogen functional groups attached to an aromatic ring is 1. The van der Waals surface area contributed by atoms with E-state index < -0.39 is 0 Å². The maximum Gasteiger partial charge on any atom is 0.0991 e. The quantitative estimate of drug-likeness (QED) is 0.726. The molecule has 2 N–H and O–H groups in total. The molecule has 2 heterocycles. The van der Waals surface area contributed by atoms with E-state index in [2.05, 4.69) is 22.9 Å². The number of aromatic nitrogens is 1. The van der Waals surface area contributed by atoms with Gasteiger partial charge in [0.1, 0.15) is 0 Å². The number of rotatable bonds is 2. The molecule has 4 nitrogen and oxygen atoms in total. The monoisotopic (exact) mass is 317 g/mol. The number of hydrogen-bond acceptors (Lipinski definition) is 3. The Morgan fingerprint density at radius 3 is 2.88 bits per heavy atom. The lowest BCUT2D eigenvalue weighted by molar-refractivity contribution is 0.187. The van der Waals surface area contributed by atoms with Gasteiger partial charge in [-0.05, 0) is 48.7 Å². The minimum atomic E-state index is 0.343. The first kappa shape index (κ1) is 14.8. The second kappa shape index (κ2) is 5.70. The average Bonchev–Trinajstić information content (AvgIpc) is 3.24. The molecule has 1 fully saturated rings. The van der Waals surface area contributed by atoms with Crippen LogP contribution in [0.2, 0.25) is 0 Å². The second-order valence-electron chi connectivity index (χ2n) is 6.33. The van der Waals surface area contributed by atoms with Crippen LogP contribution >= 0.6 is 0 Å². The van der Waals surface area contributed by atoms with Crippen molar-refractivity contribution in [3.63, 3.8) is 0 Å². The van der Waals surface area contributed by atoms with Gasteiger partial charge in [-0.2, -0.15) is 5.26 Å². The summed E-state index contributed by atoms with van der Waals surface area (Å²) >= 11 is 0. The highest BCUT2D eigenvalue weighted by atomic mass is 16.5. The molecule has 0 bridgehead atoms. The van der Waals surface area contributed by atoms with Gasteiger partial charge in [0, 0.05) is 35.0 Å². The molecule has 1 unspecified atom stereocenters. The summed E-state index contributed by atoms with van der Waals surface area (Å²) in [6, 6.07) is 14.5. The van der Waals surface area contributed by atoms with Gasteiger partial charge in [-0.15, -0.1) is 0 Å². The summed E-state index contributed by atoms with van der Waals surface area (Å²) in [6.07, 6.45) is 3.20. The Labute approximate surface area is 141 Å². The maximum atomic E-state index is 9.28. The molecule has 0 aliphatic carbocycles. The molecule has 120 valence electrons. The van der Waals surface area contributed by atoms with Crippen molar-refractivity contribution >= 4 is 16.6 Å². The summed E-state index contributed by atoms with van der Waals surface area (Å²) in [6.45, 7) is 3.58. The number of hydrogen-bond donors (Lipinski definition) is 1. The largest absolute Gasteiger partial charge is 0.398 e. The lowest BCUT2D eigenvalue weighted by Gasteiger charge is -2.11. The third-order valence-electron chi connectivity index (χ3n) is 4.93. The fourth-order valence-corrected chi connectivity index (χ4v) is 3.53. The summed E-state index contributed by atoms with van der Waals surface area (Å²) < 4.78 is 7.86. The van der Waals surface area contributed by atoms with E-state index in [9.17, 15) is 5.26 Å². The van der Waals surface area contributed by atoms with Gasteiger partial charge < -0.3 is 15.0 Å². The zero-order chi connectivity index (χ0) is 16.7. The van der Waals surface area contributed by atoms with E-state index in [0.29, 0.717) is 11.6 Å². The van der Waals surface area contributed by atoms with Gasteiger partial charge in [-0.3, -0.25) is 0 Å². The van der Waals surface area contributed by atoms with Crippen molar-refractivity contribution in [1.82, 2.24) is 4.57 Å². The number of ether oxygens (including phenoxy) is 1. The van der Waals surface area contributed by atoms with E-state index in [1.54, 1.807) is 0 Å². The van der Waals surface area contributed by atoms with Crippen LogP contribution in [0.1, 0.15) is 23.6 Å². The van der Waals surface area contributed by atoms with Crippen molar-refractivity contribution in [2.75, 3.05) is 18.9 Å². The molecule has 1 atom stereocenters. The minimum absolute atomic E-state index is 0.343. The molecule has 2 aromatic carbocycles. The van der Waals surface area contributed by atoms with Crippen LogP contribution in [-0.4, -0.2) is 17.8 Å². The molecular formula is C20H19N3O. The fraction of sp³-hybridized carbons (Fsp3) is 0.250. The zero-order valence-corrected chi connectivity index (χ0v) is 13.6. The van der Waals surface area contributed by atoms with Gasteiger partial charge in [0.05, 0.1) is 24.3 Å². The summed E-state index contributed by atoms with van der Waals surface area (Å²) in [4.78, 5) is 0. The normalized spacial score (nSPS) is 17.2. The van der Waals surface area contributed by atoms with Gasteiger partial charge >= 0.3 is 0 Å².